The predicted octanol–water partition coefficient (Wildman–Crippen LogP) is 1.67. The van der Waals surface area contributed by atoms with Crippen LogP contribution in [0.3, 0.4) is 0 Å². The van der Waals surface area contributed by atoms with E-state index in [0.717, 1.165) is 0 Å². The Balaban J connectivity index is 3.48. The highest BCUT2D eigenvalue weighted by molar-refractivity contribution is 5.87. The third kappa shape index (κ3) is 7.76. The molecule has 1 unspecified atom stereocenters. The second-order valence-corrected chi connectivity index (χ2v) is 3.11. The Labute approximate surface area is 90.5 Å². The van der Waals surface area contributed by atoms with Crippen LogP contribution in [0.1, 0.15) is 13.8 Å². The van der Waals surface area contributed by atoms with E-state index >= 15 is 0 Å². The second-order valence-electron chi connectivity index (χ2n) is 3.11. The molecule has 0 heterocycles. The van der Waals surface area contributed by atoms with Crippen LogP contribution in [0.4, 0.5) is 0 Å². The molecule has 0 radical (unpaired) electrons. The van der Waals surface area contributed by atoms with E-state index < -0.39 is 5.97 Å². The van der Waals surface area contributed by atoms with Crippen molar-refractivity contribution in [2.24, 2.45) is 0 Å². The standard InChI is InChI=1S/C11H18O4/c1-5-13-6-7-14-8-10(4)15-11(12)9(2)3/h5,10H,1-2,6-8H2,3-4H3. The van der Waals surface area contributed by atoms with E-state index in [1.165, 1.54) is 6.26 Å². The molecule has 0 saturated heterocycles. The van der Waals surface area contributed by atoms with Crippen molar-refractivity contribution in [2.45, 2.75) is 20.0 Å². The van der Waals surface area contributed by atoms with Crippen LogP contribution in [0, 0.1) is 0 Å². The van der Waals surface area contributed by atoms with Gasteiger partial charge in [-0.1, -0.05) is 13.2 Å². The van der Waals surface area contributed by atoms with E-state index in [-0.39, 0.29) is 6.10 Å². The maximum Gasteiger partial charge on any atom is 0.333 e. The number of hydrogen-bond donors (Lipinski definition) is 0. The Morgan fingerprint density at radius 3 is 2.67 bits per heavy atom. The molecule has 0 bridgehead atoms. The smallest absolute Gasteiger partial charge is 0.333 e. The monoisotopic (exact) mass is 214 g/mol. The van der Waals surface area contributed by atoms with Gasteiger partial charge in [-0.15, -0.1) is 0 Å². The van der Waals surface area contributed by atoms with Gasteiger partial charge in [0.2, 0.25) is 0 Å². The van der Waals surface area contributed by atoms with E-state index in [9.17, 15) is 4.79 Å². The second kappa shape index (κ2) is 8.05. The molecule has 0 aliphatic rings. The number of esters is 1. The highest BCUT2D eigenvalue weighted by atomic mass is 16.6. The third-order valence-corrected chi connectivity index (χ3v) is 1.47. The van der Waals surface area contributed by atoms with E-state index in [0.29, 0.717) is 25.4 Å². The Bertz CT molecular complexity index is 223. The summed E-state index contributed by atoms with van der Waals surface area (Å²) in [5.74, 6) is -0.395. The molecule has 0 amide bonds. The fraction of sp³-hybridized carbons (Fsp3) is 0.545. The zero-order valence-electron chi connectivity index (χ0n) is 9.32. The Hall–Kier alpha value is -1.29. The first-order valence-corrected chi connectivity index (χ1v) is 4.74. The molecule has 0 saturated carbocycles. The molecule has 0 aromatic carbocycles. The minimum absolute atomic E-state index is 0.280. The van der Waals surface area contributed by atoms with E-state index in [2.05, 4.69) is 13.2 Å². The van der Waals surface area contributed by atoms with Crippen molar-refractivity contribution < 1.29 is 19.0 Å². The van der Waals surface area contributed by atoms with Crippen LogP contribution in [0.25, 0.3) is 0 Å². The lowest BCUT2D eigenvalue weighted by atomic mass is 10.3. The zero-order chi connectivity index (χ0) is 11.7. The predicted molar refractivity (Wildman–Crippen MR) is 57.3 cm³/mol. The first-order chi connectivity index (χ1) is 7.07. The van der Waals surface area contributed by atoms with Crippen molar-refractivity contribution in [3.05, 3.63) is 25.0 Å². The van der Waals surface area contributed by atoms with Gasteiger partial charge in [0.25, 0.3) is 0 Å². The molecular weight excluding hydrogens is 196 g/mol. The Kier molecular flexibility index (Phi) is 7.36. The molecule has 1 atom stereocenters. The van der Waals surface area contributed by atoms with Crippen LogP contribution in [0.15, 0.2) is 25.0 Å². The van der Waals surface area contributed by atoms with Gasteiger partial charge in [-0.3, -0.25) is 0 Å². The molecule has 0 spiro atoms. The topological polar surface area (TPSA) is 44.8 Å². The molecule has 0 aromatic rings. The van der Waals surface area contributed by atoms with Crippen molar-refractivity contribution in [3.63, 3.8) is 0 Å². The van der Waals surface area contributed by atoms with Crippen molar-refractivity contribution in [2.75, 3.05) is 19.8 Å². The van der Waals surface area contributed by atoms with Crippen molar-refractivity contribution >= 4 is 5.97 Å². The van der Waals surface area contributed by atoms with Crippen molar-refractivity contribution in [1.82, 2.24) is 0 Å². The molecule has 0 aliphatic carbocycles. The maximum absolute atomic E-state index is 11.1. The van der Waals surface area contributed by atoms with Crippen molar-refractivity contribution in [1.29, 1.82) is 0 Å². The van der Waals surface area contributed by atoms with Gasteiger partial charge < -0.3 is 14.2 Å². The van der Waals surface area contributed by atoms with Crippen LogP contribution in [-0.4, -0.2) is 31.9 Å². The quantitative estimate of drug-likeness (QED) is 0.267. The summed E-state index contributed by atoms with van der Waals surface area (Å²) in [5.41, 5.74) is 0.386. The fourth-order valence-electron chi connectivity index (χ4n) is 0.757. The molecule has 0 N–H and O–H groups in total. The number of carbonyl (C=O) groups is 1. The van der Waals surface area contributed by atoms with E-state index in [1.54, 1.807) is 13.8 Å². The van der Waals surface area contributed by atoms with Gasteiger partial charge in [-0.25, -0.2) is 4.79 Å². The number of carbonyl (C=O) groups excluding carboxylic acids is 1. The average molecular weight is 214 g/mol. The molecule has 86 valence electrons. The Morgan fingerprint density at radius 2 is 2.13 bits per heavy atom. The van der Waals surface area contributed by atoms with Gasteiger partial charge in [0, 0.05) is 5.57 Å². The van der Waals surface area contributed by atoms with Crippen LogP contribution in [-0.2, 0) is 19.0 Å². The van der Waals surface area contributed by atoms with Crippen LogP contribution >= 0.6 is 0 Å². The summed E-state index contributed by atoms with van der Waals surface area (Å²) >= 11 is 0. The van der Waals surface area contributed by atoms with Crippen LogP contribution in [0.2, 0.25) is 0 Å². The number of hydrogen-bond acceptors (Lipinski definition) is 4. The highest BCUT2D eigenvalue weighted by Gasteiger charge is 2.09. The molecular formula is C11H18O4. The minimum atomic E-state index is -0.395. The van der Waals surface area contributed by atoms with Crippen LogP contribution in [0.5, 0.6) is 0 Å². The third-order valence-electron chi connectivity index (χ3n) is 1.47. The summed E-state index contributed by atoms with van der Waals surface area (Å²) in [6, 6.07) is 0. The van der Waals surface area contributed by atoms with Gasteiger partial charge in [0.15, 0.2) is 0 Å². The maximum atomic E-state index is 11.1. The SMILES string of the molecule is C=COCCOCC(C)OC(=O)C(=C)C. The summed E-state index contributed by atoms with van der Waals surface area (Å²) in [6.07, 6.45) is 1.08. The normalized spacial score (nSPS) is 11.6. The lowest BCUT2D eigenvalue weighted by Crippen LogP contribution is -2.21. The van der Waals surface area contributed by atoms with Gasteiger partial charge in [0.1, 0.15) is 12.7 Å². The summed E-state index contributed by atoms with van der Waals surface area (Å²) in [7, 11) is 0. The number of ether oxygens (including phenoxy) is 3. The molecule has 0 aliphatic heterocycles. The molecule has 0 fully saturated rings. The fourth-order valence-corrected chi connectivity index (χ4v) is 0.757. The van der Waals surface area contributed by atoms with Gasteiger partial charge >= 0.3 is 5.97 Å². The molecule has 15 heavy (non-hydrogen) atoms. The molecule has 4 heteroatoms. The van der Waals surface area contributed by atoms with Crippen LogP contribution < -0.4 is 0 Å². The first kappa shape index (κ1) is 13.7. The molecule has 4 nitrogen and oxygen atoms in total. The largest absolute Gasteiger partial charge is 0.499 e. The Morgan fingerprint density at radius 1 is 1.47 bits per heavy atom. The average Bonchev–Trinajstić information content (AvgIpc) is 2.17. The minimum Gasteiger partial charge on any atom is -0.499 e. The van der Waals surface area contributed by atoms with E-state index in [4.69, 9.17) is 14.2 Å². The number of rotatable bonds is 8. The summed E-state index contributed by atoms with van der Waals surface area (Å²) in [5, 5.41) is 0. The van der Waals surface area contributed by atoms with Gasteiger partial charge in [0.05, 0.1) is 19.5 Å². The summed E-state index contributed by atoms with van der Waals surface area (Å²) in [4.78, 5) is 11.1. The first-order valence-electron chi connectivity index (χ1n) is 4.74. The van der Waals surface area contributed by atoms with Gasteiger partial charge in [-0.05, 0) is 13.8 Å². The summed E-state index contributed by atoms with van der Waals surface area (Å²) in [6.45, 7) is 11.5. The lowest BCUT2D eigenvalue weighted by molar-refractivity contribution is -0.146. The van der Waals surface area contributed by atoms with Gasteiger partial charge in [-0.2, -0.15) is 0 Å². The van der Waals surface area contributed by atoms with Crippen molar-refractivity contribution in [3.8, 4) is 0 Å². The van der Waals surface area contributed by atoms with E-state index in [1.807, 2.05) is 0 Å². The molecule has 0 aromatic heterocycles. The zero-order valence-corrected chi connectivity index (χ0v) is 9.32. The highest BCUT2D eigenvalue weighted by Crippen LogP contribution is 1.98. The summed E-state index contributed by atoms with van der Waals surface area (Å²) < 4.78 is 15.0. The lowest BCUT2D eigenvalue weighted by Gasteiger charge is -2.13. The molecule has 0 rings (SSSR count).